The predicted octanol–water partition coefficient (Wildman–Crippen LogP) is 6.44. The molecule has 0 saturated carbocycles. The van der Waals surface area contributed by atoms with Gasteiger partial charge in [0.25, 0.3) is 0 Å². The van der Waals surface area contributed by atoms with E-state index < -0.39 is 0 Å². The first kappa shape index (κ1) is 27.8. The molecule has 2 N–H and O–H groups in total. The maximum Gasteiger partial charge on any atom is 0.160 e. The van der Waals surface area contributed by atoms with Crippen molar-refractivity contribution in [3.63, 3.8) is 0 Å². The number of likely N-dealkylation sites (tertiary alicyclic amines) is 2. The van der Waals surface area contributed by atoms with Crippen LogP contribution in [0, 0.1) is 5.82 Å². The smallest absolute Gasteiger partial charge is 0.160 e. The lowest BCUT2D eigenvalue weighted by Crippen LogP contribution is -2.25. The summed E-state index contributed by atoms with van der Waals surface area (Å²) in [7, 11) is 0. The third-order valence-electron chi connectivity index (χ3n) is 8.96. The average molecular weight is 603 g/mol. The summed E-state index contributed by atoms with van der Waals surface area (Å²) in [4.78, 5) is 22.2. The van der Waals surface area contributed by atoms with Gasteiger partial charge in [-0.1, -0.05) is 6.07 Å². The topological polar surface area (TPSA) is 98.8 Å². The Balaban J connectivity index is 1.09. The van der Waals surface area contributed by atoms with Gasteiger partial charge in [0.2, 0.25) is 0 Å². The maximum absolute atomic E-state index is 14.8. The molecule has 0 bridgehead atoms. The number of pyridine rings is 2. The molecule has 45 heavy (non-hydrogen) atoms. The van der Waals surface area contributed by atoms with Crippen molar-refractivity contribution in [2.24, 2.45) is 0 Å². The van der Waals surface area contributed by atoms with Crippen LogP contribution in [0.2, 0.25) is 0 Å². The fourth-order valence-corrected chi connectivity index (χ4v) is 6.66. The third kappa shape index (κ3) is 5.79. The second-order valence-corrected chi connectivity index (χ2v) is 12.1. The molecule has 0 amide bonds. The van der Waals surface area contributed by atoms with Crippen molar-refractivity contribution in [1.29, 1.82) is 0 Å². The number of hydrogen-bond acceptors (Lipinski definition) is 7. The van der Waals surface area contributed by atoms with E-state index in [1.807, 2.05) is 30.6 Å². The quantitative estimate of drug-likeness (QED) is 0.197. The van der Waals surface area contributed by atoms with Crippen molar-refractivity contribution in [3.8, 4) is 39.5 Å². The predicted molar refractivity (Wildman–Crippen MR) is 173 cm³/mol. The molecule has 0 aliphatic carbocycles. The van der Waals surface area contributed by atoms with Gasteiger partial charge in [-0.3, -0.25) is 19.9 Å². The number of benzene rings is 2. The molecule has 6 heterocycles. The fourth-order valence-electron chi connectivity index (χ4n) is 6.66. The summed E-state index contributed by atoms with van der Waals surface area (Å²) in [6, 6.07) is 15.2. The van der Waals surface area contributed by atoms with Crippen LogP contribution in [-0.2, 0) is 6.54 Å². The van der Waals surface area contributed by atoms with Gasteiger partial charge in [0, 0.05) is 54.3 Å². The van der Waals surface area contributed by atoms with Crippen molar-refractivity contribution < 1.29 is 9.13 Å². The third-order valence-corrected chi connectivity index (χ3v) is 8.96. The molecule has 0 atom stereocenters. The highest BCUT2D eigenvalue weighted by Crippen LogP contribution is 2.34. The van der Waals surface area contributed by atoms with Crippen LogP contribution in [0.5, 0.6) is 5.75 Å². The molecule has 2 aromatic carbocycles. The Morgan fingerprint density at radius 2 is 1.69 bits per heavy atom. The van der Waals surface area contributed by atoms with E-state index >= 15 is 0 Å². The second kappa shape index (κ2) is 12.0. The van der Waals surface area contributed by atoms with Crippen LogP contribution in [0.25, 0.3) is 55.8 Å². The first-order valence-electron chi connectivity index (χ1n) is 15.8. The van der Waals surface area contributed by atoms with E-state index in [1.54, 1.807) is 6.20 Å². The Kier molecular flexibility index (Phi) is 7.44. The highest BCUT2D eigenvalue weighted by Gasteiger charge is 2.18. The minimum absolute atomic E-state index is 0.353. The fraction of sp³-hybridized carbons (Fsp3) is 0.314. The van der Waals surface area contributed by atoms with Crippen molar-refractivity contribution in [1.82, 2.24) is 39.9 Å². The van der Waals surface area contributed by atoms with Crippen molar-refractivity contribution >= 4 is 22.1 Å². The second-order valence-electron chi connectivity index (χ2n) is 12.1. The van der Waals surface area contributed by atoms with E-state index in [-0.39, 0.29) is 5.82 Å². The Morgan fingerprint density at radius 1 is 0.844 bits per heavy atom. The van der Waals surface area contributed by atoms with E-state index in [2.05, 4.69) is 53.1 Å². The van der Waals surface area contributed by atoms with Gasteiger partial charge in [-0.05, 0) is 105 Å². The zero-order valence-electron chi connectivity index (χ0n) is 25.1. The summed E-state index contributed by atoms with van der Waals surface area (Å²) in [6.45, 7) is 6.79. The van der Waals surface area contributed by atoms with E-state index in [4.69, 9.17) is 9.72 Å². The normalized spacial score (nSPS) is 15.9. The minimum Gasteiger partial charge on any atom is -0.492 e. The Labute approximate surface area is 260 Å². The number of H-pyrrole nitrogens is 2. The lowest BCUT2D eigenvalue weighted by Gasteiger charge is -2.15. The first-order valence-corrected chi connectivity index (χ1v) is 15.8. The van der Waals surface area contributed by atoms with Crippen molar-refractivity contribution in [2.45, 2.75) is 32.2 Å². The number of fused-ring (bicyclic) bond motifs is 2. The number of halogens is 1. The number of rotatable bonds is 9. The van der Waals surface area contributed by atoms with Gasteiger partial charge in [0.05, 0.1) is 5.52 Å². The number of aromatic nitrogens is 6. The summed E-state index contributed by atoms with van der Waals surface area (Å²) in [6.07, 6.45) is 10.6. The highest BCUT2D eigenvalue weighted by molar-refractivity contribution is 5.97. The van der Waals surface area contributed by atoms with E-state index in [1.165, 1.54) is 43.4 Å². The minimum atomic E-state index is -0.353. The molecule has 4 aromatic heterocycles. The Hall–Kier alpha value is -4.67. The largest absolute Gasteiger partial charge is 0.492 e. The summed E-state index contributed by atoms with van der Waals surface area (Å²) in [5, 5.41) is 8.72. The van der Waals surface area contributed by atoms with Gasteiger partial charge < -0.3 is 9.72 Å². The van der Waals surface area contributed by atoms with Gasteiger partial charge in [-0.25, -0.2) is 14.4 Å². The first-order chi connectivity index (χ1) is 22.2. The van der Waals surface area contributed by atoms with E-state index in [0.29, 0.717) is 40.6 Å². The molecule has 0 spiro atoms. The number of nitrogens with one attached hydrogen (secondary N) is 2. The van der Waals surface area contributed by atoms with Gasteiger partial charge in [-0.15, -0.1) is 0 Å². The summed E-state index contributed by atoms with van der Waals surface area (Å²) in [5.41, 5.74) is 7.66. The number of aromatic amines is 2. The Morgan fingerprint density at radius 3 is 2.56 bits per heavy atom. The van der Waals surface area contributed by atoms with E-state index in [9.17, 15) is 4.39 Å². The van der Waals surface area contributed by atoms with Crippen LogP contribution < -0.4 is 4.74 Å². The van der Waals surface area contributed by atoms with Gasteiger partial charge in [0.1, 0.15) is 29.4 Å². The molecular formula is C35H35FN8O. The molecule has 2 aliphatic rings. The van der Waals surface area contributed by atoms with Crippen LogP contribution in [0.1, 0.15) is 31.2 Å². The molecule has 8 rings (SSSR count). The molecule has 0 radical (unpaired) electrons. The molecular weight excluding hydrogens is 567 g/mol. The van der Waals surface area contributed by atoms with Gasteiger partial charge in [0.15, 0.2) is 11.5 Å². The summed E-state index contributed by atoms with van der Waals surface area (Å²) in [5.74, 6) is 0.747. The number of nitrogens with zero attached hydrogens (tertiary/aromatic N) is 6. The van der Waals surface area contributed by atoms with Crippen molar-refractivity contribution in [3.05, 3.63) is 78.5 Å². The Bertz CT molecular complexity index is 1970. The molecule has 2 aliphatic heterocycles. The SMILES string of the molecule is Fc1cc(OCCN2CCCC2)cc(-c2ccnc3[nH]c(-c4n[nH]c5ccc(-c6cncc(CN7CCCC7)c6)cc45)nc23)c1. The standard InChI is InChI=1S/C35H35FN8O/c36-27-16-25(17-28(19-27)45-14-13-43-9-1-2-10-43)29-7-8-38-34-32(29)39-35(40-34)33-30-18-24(5-6-31(30)41-42-33)26-15-23(20-37-21-26)22-44-11-3-4-12-44/h5-8,15-21H,1-4,9-14,22H2,(H,41,42)(H,38,39,40). The van der Waals surface area contributed by atoms with Crippen LogP contribution in [0.15, 0.2) is 67.1 Å². The number of hydrogen-bond donors (Lipinski definition) is 2. The van der Waals surface area contributed by atoms with Gasteiger partial charge >= 0.3 is 0 Å². The molecule has 10 heteroatoms. The van der Waals surface area contributed by atoms with Gasteiger partial charge in [-0.2, -0.15) is 5.10 Å². The zero-order valence-corrected chi connectivity index (χ0v) is 25.1. The summed E-state index contributed by atoms with van der Waals surface area (Å²) >= 11 is 0. The molecule has 228 valence electrons. The maximum atomic E-state index is 14.8. The van der Waals surface area contributed by atoms with Crippen LogP contribution in [-0.4, -0.2) is 79.3 Å². The molecule has 2 fully saturated rings. The molecule has 6 aromatic rings. The number of imidazole rings is 1. The van der Waals surface area contributed by atoms with Crippen LogP contribution in [0.4, 0.5) is 4.39 Å². The van der Waals surface area contributed by atoms with Crippen molar-refractivity contribution in [2.75, 3.05) is 39.3 Å². The highest BCUT2D eigenvalue weighted by atomic mass is 19.1. The zero-order chi connectivity index (χ0) is 30.2. The molecule has 2 saturated heterocycles. The van der Waals surface area contributed by atoms with E-state index in [0.717, 1.165) is 66.9 Å². The lowest BCUT2D eigenvalue weighted by atomic mass is 10.0. The summed E-state index contributed by atoms with van der Waals surface area (Å²) < 4.78 is 20.8. The molecule has 0 unspecified atom stereocenters. The molecule has 9 nitrogen and oxygen atoms in total. The van der Waals surface area contributed by atoms with Crippen LogP contribution >= 0.6 is 0 Å². The monoisotopic (exact) mass is 602 g/mol. The van der Waals surface area contributed by atoms with Crippen LogP contribution in [0.3, 0.4) is 0 Å². The lowest BCUT2D eigenvalue weighted by molar-refractivity contribution is 0.237. The average Bonchev–Trinajstić information content (AvgIpc) is 3.88. The number of ether oxygens (including phenoxy) is 1.